The van der Waals surface area contributed by atoms with Gasteiger partial charge in [-0.15, -0.1) is 0 Å². The summed E-state index contributed by atoms with van der Waals surface area (Å²) < 4.78 is 11.2. The van der Waals surface area contributed by atoms with E-state index in [9.17, 15) is 24.0 Å². The molecule has 30 heavy (non-hydrogen) atoms. The number of aromatic amines is 1. The van der Waals surface area contributed by atoms with Crippen LogP contribution in [0, 0.1) is 12.8 Å². The lowest BCUT2D eigenvalue weighted by atomic mass is 10.1. The van der Waals surface area contributed by atoms with Crippen LogP contribution in [0.4, 0.5) is 9.59 Å². The van der Waals surface area contributed by atoms with Crippen molar-refractivity contribution in [2.75, 3.05) is 19.7 Å². The minimum absolute atomic E-state index is 0.107. The Morgan fingerprint density at radius 1 is 1.27 bits per heavy atom. The minimum atomic E-state index is -0.994. The molecule has 0 saturated carbocycles. The Morgan fingerprint density at radius 2 is 1.93 bits per heavy atom. The summed E-state index contributed by atoms with van der Waals surface area (Å²) >= 11 is 5.23. The third-order valence-corrected chi connectivity index (χ3v) is 4.51. The maximum atomic E-state index is 12.7. The second-order valence-electron chi connectivity index (χ2n) is 8.06. The van der Waals surface area contributed by atoms with Crippen molar-refractivity contribution in [3.8, 4) is 0 Å². The van der Waals surface area contributed by atoms with E-state index in [2.05, 4.69) is 10.3 Å². The monoisotopic (exact) mass is 444 g/mol. The van der Waals surface area contributed by atoms with E-state index in [4.69, 9.17) is 21.1 Å². The molecule has 0 radical (unpaired) electrons. The molecule has 2 N–H and O–H groups in total. The van der Waals surface area contributed by atoms with Crippen LogP contribution in [0.2, 0.25) is 0 Å². The van der Waals surface area contributed by atoms with Gasteiger partial charge in [0.1, 0.15) is 12.1 Å². The number of carbonyl (C=O) groups is 3. The van der Waals surface area contributed by atoms with Crippen molar-refractivity contribution in [2.45, 2.75) is 45.9 Å². The molecule has 0 aromatic carbocycles. The maximum absolute atomic E-state index is 12.7. The number of rotatable bonds is 5. The molecule has 0 aliphatic carbocycles. The van der Waals surface area contributed by atoms with Crippen LogP contribution in [0.25, 0.3) is 0 Å². The third-order valence-electron chi connectivity index (χ3n) is 4.40. The molecule has 2 amide bonds. The van der Waals surface area contributed by atoms with Crippen molar-refractivity contribution in [1.82, 2.24) is 19.8 Å². The fraction of sp³-hybridized carbons (Fsp3) is 0.611. The molecule has 166 valence electrons. The van der Waals surface area contributed by atoms with Crippen LogP contribution in [0.1, 0.15) is 26.3 Å². The van der Waals surface area contributed by atoms with E-state index in [0.717, 1.165) is 4.57 Å². The van der Waals surface area contributed by atoms with Crippen molar-refractivity contribution in [3.05, 3.63) is 32.6 Å². The number of hydrogen-bond acceptors (Lipinski definition) is 7. The second-order valence-corrected chi connectivity index (χ2v) is 8.37. The smallest absolute Gasteiger partial charge is 0.407 e. The fourth-order valence-corrected chi connectivity index (χ4v) is 3.08. The van der Waals surface area contributed by atoms with Gasteiger partial charge >= 0.3 is 17.2 Å². The van der Waals surface area contributed by atoms with Crippen molar-refractivity contribution in [1.29, 1.82) is 0 Å². The van der Waals surface area contributed by atoms with Gasteiger partial charge < -0.3 is 19.7 Å². The summed E-state index contributed by atoms with van der Waals surface area (Å²) in [4.78, 5) is 62.8. The summed E-state index contributed by atoms with van der Waals surface area (Å²) in [6, 6.07) is -0.547. The second kappa shape index (κ2) is 9.33. The molecule has 0 spiro atoms. The standard InChI is InChI=1S/C18H25ClN4O7/c1-10-5-23(16(27)21-14(10)25)8-13(24)22-6-11(9-29-15(19)26)12(7-22)20-17(28)30-18(2,3)4/h5,11-12H,6-9H2,1-4H3,(H,20,28)(H,21,25,27)/t11-,12+/m1/s1. The number of carbonyl (C=O) groups excluding carboxylic acids is 3. The van der Waals surface area contributed by atoms with Gasteiger partial charge in [0.2, 0.25) is 5.91 Å². The number of ether oxygens (including phenoxy) is 2. The quantitative estimate of drug-likeness (QED) is 0.632. The van der Waals surface area contributed by atoms with Gasteiger partial charge in [0.15, 0.2) is 0 Å². The molecule has 1 aliphatic heterocycles. The zero-order valence-corrected chi connectivity index (χ0v) is 17.9. The van der Waals surface area contributed by atoms with Crippen molar-refractivity contribution < 1.29 is 23.9 Å². The van der Waals surface area contributed by atoms with E-state index in [1.165, 1.54) is 18.0 Å². The molecule has 1 aromatic heterocycles. The number of aromatic nitrogens is 2. The van der Waals surface area contributed by atoms with E-state index < -0.39 is 46.2 Å². The molecule has 1 aromatic rings. The molecule has 0 unspecified atom stereocenters. The molecule has 11 nitrogen and oxygen atoms in total. The molecule has 1 aliphatic rings. The Bertz CT molecular complexity index is 934. The van der Waals surface area contributed by atoms with Crippen LogP contribution in [-0.2, 0) is 20.8 Å². The topological polar surface area (TPSA) is 140 Å². The van der Waals surface area contributed by atoms with Gasteiger partial charge in [-0.3, -0.25) is 19.1 Å². The van der Waals surface area contributed by atoms with Gasteiger partial charge in [-0.05, 0) is 27.7 Å². The zero-order chi connectivity index (χ0) is 22.6. The normalized spacial score (nSPS) is 18.8. The molecule has 2 rings (SSSR count). The fourth-order valence-electron chi connectivity index (χ4n) is 3.02. The Balaban J connectivity index is 2.11. The summed E-state index contributed by atoms with van der Waals surface area (Å²) in [5.74, 6) is -0.822. The Hall–Kier alpha value is -2.82. The number of nitrogens with zero attached hydrogens (tertiary/aromatic N) is 2. The molecule has 1 saturated heterocycles. The largest absolute Gasteiger partial charge is 0.453 e. The number of amides is 2. The molecular weight excluding hydrogens is 420 g/mol. The van der Waals surface area contributed by atoms with Gasteiger partial charge in [0, 0.05) is 42.4 Å². The highest BCUT2D eigenvalue weighted by Crippen LogP contribution is 2.19. The first-order valence-electron chi connectivity index (χ1n) is 9.25. The minimum Gasteiger partial charge on any atom is -0.453 e. The van der Waals surface area contributed by atoms with Gasteiger partial charge in [-0.1, -0.05) is 0 Å². The lowest BCUT2D eigenvalue weighted by Crippen LogP contribution is -2.44. The van der Waals surface area contributed by atoms with Crippen LogP contribution >= 0.6 is 11.6 Å². The van der Waals surface area contributed by atoms with Gasteiger partial charge in [0.25, 0.3) is 5.56 Å². The highest BCUT2D eigenvalue weighted by atomic mass is 35.5. The number of hydrogen-bond donors (Lipinski definition) is 2. The van der Waals surface area contributed by atoms with Crippen LogP contribution < -0.4 is 16.6 Å². The first kappa shape index (κ1) is 23.5. The number of H-pyrrole nitrogens is 1. The number of halogens is 1. The molecule has 12 heteroatoms. The average molecular weight is 445 g/mol. The van der Waals surface area contributed by atoms with Crippen LogP contribution in [0.3, 0.4) is 0 Å². The first-order chi connectivity index (χ1) is 13.9. The van der Waals surface area contributed by atoms with Gasteiger partial charge in [-0.25, -0.2) is 14.4 Å². The van der Waals surface area contributed by atoms with Crippen LogP contribution in [-0.4, -0.2) is 63.2 Å². The maximum Gasteiger partial charge on any atom is 0.407 e. The van der Waals surface area contributed by atoms with E-state index in [0.29, 0.717) is 5.56 Å². The SMILES string of the molecule is Cc1cn(CC(=O)N2C[C@H](COC(=O)Cl)[C@@H](NC(=O)OC(C)(C)C)C2)c(=O)[nH]c1=O. The first-order valence-corrected chi connectivity index (χ1v) is 9.63. The summed E-state index contributed by atoms with van der Waals surface area (Å²) in [6.07, 6.45) is 0.634. The molecule has 1 fully saturated rings. The van der Waals surface area contributed by atoms with E-state index >= 15 is 0 Å². The van der Waals surface area contributed by atoms with E-state index in [1.807, 2.05) is 0 Å². The highest BCUT2D eigenvalue weighted by Gasteiger charge is 2.37. The molecular formula is C18H25ClN4O7. The van der Waals surface area contributed by atoms with Gasteiger partial charge in [0.05, 0.1) is 12.6 Å². The lowest BCUT2D eigenvalue weighted by molar-refractivity contribution is -0.131. The molecule has 2 heterocycles. The summed E-state index contributed by atoms with van der Waals surface area (Å²) in [5, 5.41) is 2.68. The van der Waals surface area contributed by atoms with E-state index in [-0.39, 0.29) is 26.2 Å². The predicted octanol–water partition coefficient (Wildman–Crippen LogP) is 0.572. The number of alkyl carbamates (subject to hydrolysis) is 1. The van der Waals surface area contributed by atoms with Crippen LogP contribution in [0.15, 0.2) is 15.8 Å². The Morgan fingerprint density at radius 3 is 2.53 bits per heavy atom. The Kier molecular flexibility index (Phi) is 7.30. The summed E-state index contributed by atoms with van der Waals surface area (Å²) in [7, 11) is 0. The number of aryl methyl sites for hydroxylation is 1. The van der Waals surface area contributed by atoms with Crippen molar-refractivity contribution in [2.24, 2.45) is 5.92 Å². The van der Waals surface area contributed by atoms with Gasteiger partial charge in [-0.2, -0.15) is 0 Å². The summed E-state index contributed by atoms with van der Waals surface area (Å²) in [5.41, 5.74) is -2.63. The van der Waals surface area contributed by atoms with E-state index in [1.54, 1.807) is 20.8 Å². The third kappa shape index (κ3) is 6.61. The number of nitrogens with one attached hydrogen (secondary N) is 2. The van der Waals surface area contributed by atoms with Crippen LogP contribution in [0.5, 0.6) is 0 Å². The predicted molar refractivity (Wildman–Crippen MR) is 106 cm³/mol. The summed E-state index contributed by atoms with van der Waals surface area (Å²) in [6.45, 7) is 6.56. The van der Waals surface area contributed by atoms with Crippen molar-refractivity contribution in [3.63, 3.8) is 0 Å². The molecule has 0 bridgehead atoms. The number of likely N-dealkylation sites (tertiary alicyclic amines) is 1. The Labute approximate surface area is 177 Å². The average Bonchev–Trinajstić information content (AvgIpc) is 2.98. The van der Waals surface area contributed by atoms with Crippen molar-refractivity contribution >= 4 is 29.0 Å². The molecule has 2 atom stereocenters. The zero-order valence-electron chi connectivity index (χ0n) is 17.2. The lowest BCUT2D eigenvalue weighted by Gasteiger charge is -2.23. The highest BCUT2D eigenvalue weighted by molar-refractivity contribution is 6.61.